The summed E-state index contributed by atoms with van der Waals surface area (Å²) in [4.78, 5) is 16.3. The molecule has 0 unspecified atom stereocenters. The largest absolute Gasteiger partial charge is 0.495 e. The van der Waals surface area contributed by atoms with E-state index in [4.69, 9.17) is 16.3 Å². The lowest BCUT2D eigenvalue weighted by Gasteiger charge is -2.36. The van der Waals surface area contributed by atoms with E-state index in [2.05, 4.69) is 16.3 Å². The predicted octanol–water partition coefficient (Wildman–Crippen LogP) is 2.39. The van der Waals surface area contributed by atoms with Crippen LogP contribution < -0.4 is 19.9 Å². The summed E-state index contributed by atoms with van der Waals surface area (Å²) in [6, 6.07) is 13.5. The van der Waals surface area contributed by atoms with Crippen molar-refractivity contribution >= 4 is 28.9 Å². The van der Waals surface area contributed by atoms with Crippen molar-refractivity contribution in [3.8, 4) is 5.75 Å². The number of para-hydroxylation sites is 2. The van der Waals surface area contributed by atoms with Gasteiger partial charge in [0.25, 0.3) is 5.91 Å². The fraction of sp³-hybridized carbons (Fsp3) is 0.381. The van der Waals surface area contributed by atoms with E-state index in [0.29, 0.717) is 5.02 Å². The van der Waals surface area contributed by atoms with E-state index in [1.165, 1.54) is 4.90 Å². The molecule has 0 bridgehead atoms. The van der Waals surface area contributed by atoms with Gasteiger partial charge in [0.05, 0.1) is 39.0 Å². The SMILES string of the molecule is COc1ccccc1N1CC[NH+]([C@@H](C)C(=O)Nc2cc(Cl)ccc2C)CC1. The molecule has 2 aromatic carbocycles. The first-order valence-corrected chi connectivity index (χ1v) is 9.67. The van der Waals surface area contributed by atoms with Crippen molar-refractivity contribution in [3.05, 3.63) is 53.1 Å². The van der Waals surface area contributed by atoms with E-state index >= 15 is 0 Å². The molecule has 27 heavy (non-hydrogen) atoms. The van der Waals surface area contributed by atoms with Crippen molar-refractivity contribution in [3.63, 3.8) is 0 Å². The average molecular weight is 389 g/mol. The molecule has 1 amide bonds. The van der Waals surface area contributed by atoms with E-state index in [1.54, 1.807) is 13.2 Å². The van der Waals surface area contributed by atoms with Gasteiger partial charge in [0.2, 0.25) is 0 Å². The van der Waals surface area contributed by atoms with Crippen LogP contribution in [0.2, 0.25) is 5.02 Å². The number of ether oxygens (including phenoxy) is 1. The molecule has 3 rings (SSSR count). The lowest BCUT2D eigenvalue weighted by atomic mass is 10.1. The molecule has 1 atom stereocenters. The number of methoxy groups -OCH3 is 1. The fourth-order valence-corrected chi connectivity index (χ4v) is 3.69. The first-order chi connectivity index (χ1) is 13.0. The monoisotopic (exact) mass is 388 g/mol. The third-order valence-electron chi connectivity index (χ3n) is 5.29. The molecule has 1 aliphatic heterocycles. The van der Waals surface area contributed by atoms with Crippen LogP contribution in [0.15, 0.2) is 42.5 Å². The molecule has 6 heteroatoms. The molecule has 1 saturated heterocycles. The Kier molecular flexibility index (Phi) is 6.24. The van der Waals surface area contributed by atoms with Crippen LogP contribution in [0, 0.1) is 6.92 Å². The minimum absolute atomic E-state index is 0.0288. The number of rotatable bonds is 5. The Morgan fingerprint density at radius 2 is 1.93 bits per heavy atom. The first-order valence-electron chi connectivity index (χ1n) is 9.29. The number of nitrogens with zero attached hydrogens (tertiary/aromatic N) is 1. The molecule has 0 spiro atoms. The second kappa shape index (κ2) is 8.63. The number of aryl methyl sites for hydroxylation is 1. The summed E-state index contributed by atoms with van der Waals surface area (Å²) in [6.07, 6.45) is 0. The molecule has 144 valence electrons. The quantitative estimate of drug-likeness (QED) is 0.826. The summed E-state index contributed by atoms with van der Waals surface area (Å²) in [5.41, 5.74) is 2.91. The zero-order valence-electron chi connectivity index (χ0n) is 16.1. The zero-order valence-corrected chi connectivity index (χ0v) is 16.8. The molecule has 0 aliphatic carbocycles. The van der Waals surface area contributed by atoms with Crippen molar-refractivity contribution in [1.29, 1.82) is 0 Å². The van der Waals surface area contributed by atoms with Crippen LogP contribution in [-0.4, -0.2) is 45.2 Å². The number of amides is 1. The standard InChI is InChI=1S/C21H26ClN3O2/c1-15-8-9-17(22)14-18(15)23-21(26)16(2)24-10-12-25(13-11-24)19-6-4-5-7-20(19)27-3/h4-9,14,16H,10-13H2,1-3H3,(H,23,26)/p+1/t16-/m0/s1. The van der Waals surface area contributed by atoms with E-state index in [1.807, 2.05) is 44.2 Å². The molecular weight excluding hydrogens is 362 g/mol. The summed E-state index contributed by atoms with van der Waals surface area (Å²) >= 11 is 6.06. The molecule has 5 nitrogen and oxygen atoms in total. The Bertz CT molecular complexity index is 804. The van der Waals surface area contributed by atoms with Crippen LogP contribution in [0.5, 0.6) is 5.75 Å². The van der Waals surface area contributed by atoms with Gasteiger partial charge in [-0.25, -0.2) is 0 Å². The number of hydrogen-bond donors (Lipinski definition) is 2. The van der Waals surface area contributed by atoms with Crippen LogP contribution in [-0.2, 0) is 4.79 Å². The molecule has 1 aliphatic rings. The smallest absolute Gasteiger partial charge is 0.282 e. The Morgan fingerprint density at radius 3 is 2.63 bits per heavy atom. The van der Waals surface area contributed by atoms with Crippen molar-refractivity contribution in [2.24, 2.45) is 0 Å². The van der Waals surface area contributed by atoms with Gasteiger partial charge < -0.3 is 19.9 Å². The van der Waals surface area contributed by atoms with Crippen molar-refractivity contribution < 1.29 is 14.4 Å². The van der Waals surface area contributed by atoms with Gasteiger partial charge in [-0.15, -0.1) is 0 Å². The van der Waals surface area contributed by atoms with Gasteiger partial charge in [-0.05, 0) is 43.7 Å². The van der Waals surface area contributed by atoms with E-state index in [-0.39, 0.29) is 11.9 Å². The summed E-state index contributed by atoms with van der Waals surface area (Å²) < 4.78 is 5.47. The second-order valence-electron chi connectivity index (χ2n) is 6.99. The molecule has 0 radical (unpaired) electrons. The number of anilines is 2. The predicted molar refractivity (Wildman–Crippen MR) is 110 cm³/mol. The van der Waals surface area contributed by atoms with E-state index in [0.717, 1.165) is 48.9 Å². The fourth-order valence-electron chi connectivity index (χ4n) is 3.51. The van der Waals surface area contributed by atoms with E-state index in [9.17, 15) is 4.79 Å². The lowest BCUT2D eigenvalue weighted by molar-refractivity contribution is -0.914. The van der Waals surface area contributed by atoms with Gasteiger partial charge in [-0.3, -0.25) is 4.79 Å². The number of nitrogens with one attached hydrogen (secondary N) is 2. The molecule has 2 N–H and O–H groups in total. The summed E-state index contributed by atoms with van der Waals surface area (Å²) in [5, 5.41) is 3.66. The normalized spacial score (nSPS) is 16.1. The van der Waals surface area contributed by atoms with E-state index < -0.39 is 0 Å². The highest BCUT2D eigenvalue weighted by Gasteiger charge is 2.30. The van der Waals surface area contributed by atoms with Gasteiger partial charge in [0.15, 0.2) is 6.04 Å². The van der Waals surface area contributed by atoms with Crippen LogP contribution in [0.4, 0.5) is 11.4 Å². The van der Waals surface area contributed by atoms with Gasteiger partial charge >= 0.3 is 0 Å². The molecule has 2 aromatic rings. The lowest BCUT2D eigenvalue weighted by Crippen LogP contribution is -3.19. The molecule has 1 fully saturated rings. The van der Waals surface area contributed by atoms with Gasteiger partial charge in [-0.1, -0.05) is 29.8 Å². The summed E-state index contributed by atoms with van der Waals surface area (Å²) in [7, 11) is 1.70. The highest BCUT2D eigenvalue weighted by Crippen LogP contribution is 2.27. The van der Waals surface area contributed by atoms with Crippen LogP contribution in [0.25, 0.3) is 0 Å². The van der Waals surface area contributed by atoms with Crippen molar-refractivity contribution in [2.75, 3.05) is 43.5 Å². The number of piperazine rings is 1. The zero-order chi connectivity index (χ0) is 19.4. The molecule has 0 saturated carbocycles. The Morgan fingerprint density at radius 1 is 1.22 bits per heavy atom. The maximum atomic E-state index is 12.7. The molecule has 1 heterocycles. The third-order valence-corrected chi connectivity index (χ3v) is 5.53. The van der Waals surface area contributed by atoms with Crippen LogP contribution in [0.1, 0.15) is 12.5 Å². The van der Waals surface area contributed by atoms with Gasteiger partial charge in [0, 0.05) is 10.7 Å². The Labute approximate surface area is 165 Å². The Hall–Kier alpha value is -2.24. The topological polar surface area (TPSA) is 46.0 Å². The minimum atomic E-state index is -0.122. The molecule has 0 aromatic heterocycles. The van der Waals surface area contributed by atoms with Gasteiger partial charge in [-0.2, -0.15) is 0 Å². The average Bonchev–Trinajstić information content (AvgIpc) is 2.70. The van der Waals surface area contributed by atoms with Crippen molar-refractivity contribution in [1.82, 2.24) is 0 Å². The number of hydrogen-bond acceptors (Lipinski definition) is 3. The second-order valence-corrected chi connectivity index (χ2v) is 7.42. The Balaban J connectivity index is 1.60. The van der Waals surface area contributed by atoms with Crippen LogP contribution >= 0.6 is 11.6 Å². The maximum Gasteiger partial charge on any atom is 0.282 e. The number of benzene rings is 2. The summed E-state index contributed by atoms with van der Waals surface area (Å²) in [6.45, 7) is 7.55. The number of carbonyl (C=O) groups is 1. The van der Waals surface area contributed by atoms with Crippen LogP contribution in [0.3, 0.4) is 0 Å². The molecular formula is C21H27ClN3O2+. The summed E-state index contributed by atoms with van der Waals surface area (Å²) in [5.74, 6) is 0.921. The maximum absolute atomic E-state index is 12.7. The number of quaternary nitrogens is 1. The third kappa shape index (κ3) is 4.54. The highest BCUT2D eigenvalue weighted by molar-refractivity contribution is 6.31. The number of halogens is 1. The number of carbonyl (C=O) groups excluding carboxylic acids is 1. The van der Waals surface area contributed by atoms with Gasteiger partial charge in [0.1, 0.15) is 5.75 Å². The van der Waals surface area contributed by atoms with Crippen molar-refractivity contribution in [2.45, 2.75) is 19.9 Å². The first kappa shape index (κ1) is 19.5. The minimum Gasteiger partial charge on any atom is -0.495 e. The highest BCUT2D eigenvalue weighted by atomic mass is 35.5.